The first-order valence-electron chi connectivity index (χ1n) is 8.02. The quantitative estimate of drug-likeness (QED) is 0.923. The second-order valence-electron chi connectivity index (χ2n) is 6.75. The van der Waals surface area contributed by atoms with Crippen LogP contribution in [0.5, 0.6) is 0 Å². The first kappa shape index (κ1) is 13.7. The molecule has 2 aliphatic rings. The van der Waals surface area contributed by atoms with Gasteiger partial charge in [0.15, 0.2) is 0 Å². The van der Waals surface area contributed by atoms with Gasteiger partial charge in [-0.15, -0.1) is 11.3 Å². The van der Waals surface area contributed by atoms with Crippen LogP contribution in [0.4, 0.5) is 0 Å². The summed E-state index contributed by atoms with van der Waals surface area (Å²) in [6.07, 6.45) is 4.10. The van der Waals surface area contributed by atoms with Crippen molar-refractivity contribution in [2.45, 2.75) is 32.7 Å². The Morgan fingerprint density at radius 2 is 2.14 bits per heavy atom. The predicted octanol–water partition coefficient (Wildman–Crippen LogP) is 3.18. The van der Waals surface area contributed by atoms with Gasteiger partial charge in [-0.1, -0.05) is 6.07 Å². The Labute approximate surface area is 130 Å². The van der Waals surface area contributed by atoms with Crippen LogP contribution in [0.25, 0.3) is 10.2 Å². The van der Waals surface area contributed by atoms with E-state index in [-0.39, 0.29) is 0 Å². The van der Waals surface area contributed by atoms with E-state index >= 15 is 0 Å². The van der Waals surface area contributed by atoms with Crippen LogP contribution in [0.1, 0.15) is 29.8 Å². The Morgan fingerprint density at radius 3 is 3.00 bits per heavy atom. The molecule has 4 rings (SSSR count). The number of benzene rings is 1. The lowest BCUT2D eigenvalue weighted by molar-refractivity contribution is 0.194. The van der Waals surface area contributed by atoms with Crippen LogP contribution in [0.15, 0.2) is 18.2 Å². The summed E-state index contributed by atoms with van der Waals surface area (Å²) < 4.78 is 1.33. The fourth-order valence-electron chi connectivity index (χ4n) is 3.97. The third kappa shape index (κ3) is 2.72. The van der Waals surface area contributed by atoms with Crippen molar-refractivity contribution in [1.29, 1.82) is 0 Å². The molecular weight excluding hydrogens is 278 g/mol. The van der Waals surface area contributed by atoms with Crippen LogP contribution in [-0.4, -0.2) is 36.1 Å². The maximum atomic E-state index is 4.55. The van der Waals surface area contributed by atoms with Crippen molar-refractivity contribution in [1.82, 2.24) is 15.2 Å². The number of thiazole rings is 1. The Morgan fingerprint density at radius 1 is 1.29 bits per heavy atom. The highest BCUT2D eigenvalue weighted by Crippen LogP contribution is 2.39. The summed E-state index contributed by atoms with van der Waals surface area (Å²) in [5, 5.41) is 4.66. The lowest BCUT2D eigenvalue weighted by Crippen LogP contribution is -2.38. The summed E-state index contributed by atoms with van der Waals surface area (Å²) in [5.41, 5.74) is 3.20. The summed E-state index contributed by atoms with van der Waals surface area (Å²) in [6.45, 7) is 8.15. The molecule has 1 aromatic heterocycles. The van der Waals surface area contributed by atoms with E-state index < -0.39 is 0 Å². The molecule has 2 fully saturated rings. The van der Waals surface area contributed by atoms with E-state index in [1.165, 1.54) is 55.7 Å². The SMILES string of the molecule is Cc1nc2ccc(CN3CCC4(CCNCC4)C3)cc2s1. The Bertz CT molecular complexity index is 643. The number of aryl methyl sites for hydroxylation is 1. The number of nitrogens with zero attached hydrogens (tertiary/aromatic N) is 2. The van der Waals surface area contributed by atoms with Gasteiger partial charge in [0.1, 0.15) is 0 Å². The van der Waals surface area contributed by atoms with Crippen LogP contribution in [-0.2, 0) is 6.54 Å². The molecule has 0 radical (unpaired) electrons. The monoisotopic (exact) mass is 301 g/mol. The Kier molecular flexibility index (Phi) is 3.48. The maximum absolute atomic E-state index is 4.55. The molecule has 0 saturated carbocycles. The van der Waals surface area contributed by atoms with Crippen LogP contribution >= 0.6 is 11.3 Å². The van der Waals surface area contributed by atoms with Gasteiger partial charge in [0.25, 0.3) is 0 Å². The standard InChI is InChI=1S/C17H23N3S/c1-13-19-15-3-2-14(10-16(15)21-13)11-20-9-6-17(12-20)4-7-18-8-5-17/h2-3,10,18H,4-9,11-12H2,1H3. The van der Waals surface area contributed by atoms with E-state index in [1.54, 1.807) is 0 Å². The first-order chi connectivity index (χ1) is 10.2. The van der Waals surface area contributed by atoms with Gasteiger partial charge in [0, 0.05) is 13.1 Å². The van der Waals surface area contributed by atoms with Gasteiger partial charge in [-0.05, 0) is 68.9 Å². The number of likely N-dealkylation sites (tertiary alicyclic amines) is 1. The Hall–Kier alpha value is -0.970. The van der Waals surface area contributed by atoms with Crippen molar-refractivity contribution in [2.75, 3.05) is 26.2 Å². The molecule has 2 aromatic rings. The van der Waals surface area contributed by atoms with E-state index in [1.807, 2.05) is 11.3 Å². The largest absolute Gasteiger partial charge is 0.317 e. The average molecular weight is 301 g/mol. The second kappa shape index (κ2) is 5.34. The number of fused-ring (bicyclic) bond motifs is 1. The average Bonchev–Trinajstić information content (AvgIpc) is 3.02. The van der Waals surface area contributed by atoms with Crippen molar-refractivity contribution in [3.05, 3.63) is 28.8 Å². The molecule has 3 heterocycles. The van der Waals surface area contributed by atoms with Crippen LogP contribution in [0, 0.1) is 12.3 Å². The molecule has 1 aromatic carbocycles. The summed E-state index contributed by atoms with van der Waals surface area (Å²) in [5.74, 6) is 0. The minimum atomic E-state index is 0.608. The number of piperidine rings is 1. The van der Waals surface area contributed by atoms with Gasteiger partial charge in [-0.25, -0.2) is 4.98 Å². The van der Waals surface area contributed by atoms with Crippen molar-refractivity contribution in [3.8, 4) is 0 Å². The van der Waals surface area contributed by atoms with Gasteiger partial charge in [-0.2, -0.15) is 0 Å². The van der Waals surface area contributed by atoms with Crippen molar-refractivity contribution >= 4 is 21.6 Å². The van der Waals surface area contributed by atoms with Gasteiger partial charge in [0.2, 0.25) is 0 Å². The molecule has 3 nitrogen and oxygen atoms in total. The molecule has 1 spiro atoms. The second-order valence-corrected chi connectivity index (χ2v) is 7.98. The van der Waals surface area contributed by atoms with E-state index in [4.69, 9.17) is 0 Å². The minimum Gasteiger partial charge on any atom is -0.317 e. The van der Waals surface area contributed by atoms with Crippen molar-refractivity contribution in [2.24, 2.45) is 5.41 Å². The van der Waals surface area contributed by atoms with Gasteiger partial charge < -0.3 is 5.32 Å². The third-order valence-corrected chi connectivity index (χ3v) is 6.08. The molecule has 0 bridgehead atoms. The third-order valence-electron chi connectivity index (χ3n) is 5.15. The summed E-state index contributed by atoms with van der Waals surface area (Å²) in [6, 6.07) is 6.78. The van der Waals surface area contributed by atoms with Crippen LogP contribution < -0.4 is 5.32 Å². The molecule has 1 N–H and O–H groups in total. The van der Waals surface area contributed by atoms with E-state index in [0.717, 1.165) is 17.1 Å². The minimum absolute atomic E-state index is 0.608. The van der Waals surface area contributed by atoms with Crippen LogP contribution in [0.3, 0.4) is 0 Å². The highest BCUT2D eigenvalue weighted by atomic mass is 32.1. The van der Waals surface area contributed by atoms with E-state index in [2.05, 4.69) is 40.3 Å². The van der Waals surface area contributed by atoms with Gasteiger partial charge in [0.05, 0.1) is 15.2 Å². The molecule has 112 valence electrons. The zero-order chi connectivity index (χ0) is 14.3. The molecule has 0 unspecified atom stereocenters. The number of hydrogen-bond acceptors (Lipinski definition) is 4. The van der Waals surface area contributed by atoms with E-state index in [0.29, 0.717) is 5.41 Å². The molecule has 0 amide bonds. The lowest BCUT2D eigenvalue weighted by Gasteiger charge is -2.33. The summed E-state index contributed by atoms with van der Waals surface area (Å²) in [7, 11) is 0. The zero-order valence-electron chi connectivity index (χ0n) is 12.7. The Balaban J connectivity index is 1.47. The first-order valence-corrected chi connectivity index (χ1v) is 8.83. The molecule has 2 aliphatic heterocycles. The fraction of sp³-hybridized carbons (Fsp3) is 0.588. The summed E-state index contributed by atoms with van der Waals surface area (Å²) in [4.78, 5) is 7.21. The van der Waals surface area contributed by atoms with Crippen molar-refractivity contribution < 1.29 is 0 Å². The van der Waals surface area contributed by atoms with E-state index in [9.17, 15) is 0 Å². The molecule has 4 heteroatoms. The normalized spacial score (nSPS) is 22.3. The van der Waals surface area contributed by atoms with Crippen LogP contribution in [0.2, 0.25) is 0 Å². The highest BCUT2D eigenvalue weighted by molar-refractivity contribution is 7.18. The molecule has 21 heavy (non-hydrogen) atoms. The number of nitrogens with one attached hydrogen (secondary N) is 1. The number of aromatic nitrogens is 1. The lowest BCUT2D eigenvalue weighted by atomic mass is 9.78. The molecular formula is C17H23N3S. The van der Waals surface area contributed by atoms with Gasteiger partial charge >= 0.3 is 0 Å². The highest BCUT2D eigenvalue weighted by Gasteiger charge is 2.38. The fourth-order valence-corrected chi connectivity index (χ4v) is 4.86. The zero-order valence-corrected chi connectivity index (χ0v) is 13.5. The number of rotatable bonds is 2. The van der Waals surface area contributed by atoms with Gasteiger partial charge in [-0.3, -0.25) is 4.90 Å². The smallest absolute Gasteiger partial charge is 0.0907 e. The molecule has 2 saturated heterocycles. The predicted molar refractivity (Wildman–Crippen MR) is 88.8 cm³/mol. The maximum Gasteiger partial charge on any atom is 0.0907 e. The topological polar surface area (TPSA) is 28.2 Å². The summed E-state index contributed by atoms with van der Waals surface area (Å²) >= 11 is 1.81. The molecule has 0 atom stereocenters. The van der Waals surface area contributed by atoms with Crippen molar-refractivity contribution in [3.63, 3.8) is 0 Å². The number of hydrogen-bond donors (Lipinski definition) is 1. The molecule has 0 aliphatic carbocycles.